The standard InChI is InChI=1S/C3H5N3O2/c4-6-5-2-1-3(7)8/h1-2H2,(H,7,8). The molecule has 0 fully saturated rings. The number of carbonyl (C=O) groups is 1. The van der Waals surface area contributed by atoms with E-state index in [9.17, 15) is 4.79 Å². The average molecular weight is 115 g/mol. The molecule has 0 heterocycles. The summed E-state index contributed by atoms with van der Waals surface area (Å²) in [5, 5.41) is 11.0. The van der Waals surface area contributed by atoms with Crippen LogP contribution < -0.4 is 0 Å². The summed E-state index contributed by atoms with van der Waals surface area (Å²) >= 11 is 0. The van der Waals surface area contributed by atoms with Crippen molar-refractivity contribution in [3.63, 3.8) is 0 Å². The molecule has 0 bridgehead atoms. The number of carboxylic acid groups (broad SMARTS) is 1. The summed E-state index contributed by atoms with van der Waals surface area (Å²) in [7, 11) is 0. The molecule has 5 heteroatoms. The van der Waals surface area contributed by atoms with E-state index in [1.54, 1.807) is 0 Å². The number of aliphatic carboxylic acids is 1. The number of hydrogen-bond donors (Lipinski definition) is 1. The molecule has 44 valence electrons. The Hall–Kier alpha value is -1.22. The van der Waals surface area contributed by atoms with Gasteiger partial charge in [-0.05, 0) is 5.53 Å². The van der Waals surface area contributed by atoms with Gasteiger partial charge in [-0.2, -0.15) is 0 Å². The second-order valence-electron chi connectivity index (χ2n) is 1.10. The van der Waals surface area contributed by atoms with Gasteiger partial charge in [-0.3, -0.25) is 4.79 Å². The summed E-state index contributed by atoms with van der Waals surface area (Å²) in [5.41, 5.74) is 7.64. The van der Waals surface area contributed by atoms with Crippen molar-refractivity contribution < 1.29 is 9.90 Å². The highest BCUT2D eigenvalue weighted by Gasteiger charge is 1.90. The van der Waals surface area contributed by atoms with E-state index in [4.69, 9.17) is 10.6 Å². The van der Waals surface area contributed by atoms with E-state index in [2.05, 4.69) is 10.0 Å². The van der Waals surface area contributed by atoms with E-state index >= 15 is 0 Å². The topological polar surface area (TPSA) is 86.1 Å². The van der Waals surface area contributed by atoms with E-state index in [1.807, 2.05) is 0 Å². The molecule has 8 heavy (non-hydrogen) atoms. The molecule has 0 rings (SSSR count). The van der Waals surface area contributed by atoms with Gasteiger partial charge in [-0.25, -0.2) is 0 Å². The smallest absolute Gasteiger partial charge is 0.303 e. The molecule has 0 amide bonds. The van der Waals surface area contributed by atoms with E-state index < -0.39 is 5.97 Å². The molecule has 0 aromatic rings. The average Bonchev–Trinajstić information content (AvgIpc) is 1.66. The Morgan fingerprint density at radius 1 is 1.88 bits per heavy atom. The molecule has 0 spiro atoms. The maximum absolute atomic E-state index is 9.69. The summed E-state index contributed by atoms with van der Waals surface area (Å²) in [6, 6.07) is 0. The fraction of sp³-hybridized carbons (Fsp3) is 0.667. The van der Waals surface area contributed by atoms with Crippen molar-refractivity contribution >= 4 is 5.97 Å². The molecule has 0 unspecified atom stereocenters. The van der Waals surface area contributed by atoms with E-state index in [0.717, 1.165) is 0 Å². The predicted octanol–water partition coefficient (Wildman–Crippen LogP) is 0.771. The van der Waals surface area contributed by atoms with Crippen molar-refractivity contribution in [2.75, 3.05) is 6.54 Å². The van der Waals surface area contributed by atoms with Crippen LogP contribution in [0.15, 0.2) is 5.11 Å². The summed E-state index contributed by atoms with van der Waals surface area (Å²) in [6.07, 6.45) is -0.0932. The Bertz CT molecular complexity index is 124. The molecule has 0 saturated carbocycles. The van der Waals surface area contributed by atoms with Crippen LogP contribution in [0.25, 0.3) is 10.4 Å². The van der Waals surface area contributed by atoms with Gasteiger partial charge in [0, 0.05) is 11.5 Å². The number of azide groups is 1. The molecule has 0 aromatic carbocycles. The van der Waals surface area contributed by atoms with Gasteiger partial charge >= 0.3 is 5.97 Å². The lowest BCUT2D eigenvalue weighted by Crippen LogP contribution is -1.95. The highest BCUT2D eigenvalue weighted by atomic mass is 16.4. The second kappa shape index (κ2) is 3.95. The quantitative estimate of drug-likeness (QED) is 0.334. The number of rotatable bonds is 3. The maximum Gasteiger partial charge on any atom is 0.303 e. The van der Waals surface area contributed by atoms with Gasteiger partial charge < -0.3 is 5.11 Å². The summed E-state index contributed by atoms with van der Waals surface area (Å²) in [4.78, 5) is 12.1. The zero-order chi connectivity index (χ0) is 6.41. The van der Waals surface area contributed by atoms with Crippen molar-refractivity contribution in [2.45, 2.75) is 6.42 Å². The molecule has 1 N–H and O–H groups in total. The zero-order valence-electron chi connectivity index (χ0n) is 4.11. The molecular formula is C3H5N3O2. The zero-order valence-corrected chi connectivity index (χ0v) is 4.11. The lowest BCUT2D eigenvalue weighted by atomic mass is 10.4. The molecular weight excluding hydrogens is 110 g/mol. The van der Waals surface area contributed by atoms with Crippen LogP contribution in [0.4, 0.5) is 0 Å². The van der Waals surface area contributed by atoms with Crippen molar-refractivity contribution in [3.8, 4) is 0 Å². The third-order valence-electron chi connectivity index (χ3n) is 0.489. The van der Waals surface area contributed by atoms with Gasteiger partial charge in [0.25, 0.3) is 0 Å². The molecule has 0 saturated heterocycles. The van der Waals surface area contributed by atoms with Gasteiger partial charge in [0.1, 0.15) is 0 Å². The Labute approximate surface area is 45.6 Å². The monoisotopic (exact) mass is 115 g/mol. The first kappa shape index (κ1) is 6.78. The van der Waals surface area contributed by atoms with Crippen LogP contribution in [-0.2, 0) is 4.79 Å². The first-order valence-electron chi connectivity index (χ1n) is 2.00. The second-order valence-corrected chi connectivity index (χ2v) is 1.10. The maximum atomic E-state index is 9.69. The summed E-state index contributed by atoms with van der Waals surface area (Å²) < 4.78 is 0. The molecule has 0 aromatic heterocycles. The van der Waals surface area contributed by atoms with Crippen LogP contribution in [0.1, 0.15) is 6.42 Å². The van der Waals surface area contributed by atoms with Gasteiger partial charge in [-0.15, -0.1) is 0 Å². The van der Waals surface area contributed by atoms with Crippen molar-refractivity contribution in [1.82, 2.24) is 0 Å². The Kier molecular flexibility index (Phi) is 3.35. The number of carboxylic acids is 1. The Morgan fingerprint density at radius 2 is 2.50 bits per heavy atom. The van der Waals surface area contributed by atoms with Crippen LogP contribution in [0.2, 0.25) is 0 Å². The minimum absolute atomic E-state index is 0.0336. The SMILES string of the molecule is [N-]=[N+]=NCCC(=O)O. The van der Waals surface area contributed by atoms with Crippen LogP contribution in [-0.4, -0.2) is 17.6 Å². The van der Waals surface area contributed by atoms with Crippen molar-refractivity contribution in [2.24, 2.45) is 5.11 Å². The first-order chi connectivity index (χ1) is 3.77. The molecule has 0 atom stereocenters. The van der Waals surface area contributed by atoms with Crippen LogP contribution in [0, 0.1) is 0 Å². The third-order valence-corrected chi connectivity index (χ3v) is 0.489. The first-order valence-corrected chi connectivity index (χ1v) is 2.00. The van der Waals surface area contributed by atoms with Crippen molar-refractivity contribution in [3.05, 3.63) is 10.4 Å². The predicted molar refractivity (Wildman–Crippen MR) is 26.3 cm³/mol. The molecule has 5 nitrogen and oxygen atoms in total. The lowest BCUT2D eigenvalue weighted by molar-refractivity contribution is -0.136. The van der Waals surface area contributed by atoms with Crippen molar-refractivity contribution in [1.29, 1.82) is 0 Å². The Morgan fingerprint density at radius 3 is 2.88 bits per heavy atom. The lowest BCUT2D eigenvalue weighted by Gasteiger charge is -1.81. The highest BCUT2D eigenvalue weighted by molar-refractivity contribution is 5.66. The minimum Gasteiger partial charge on any atom is -0.481 e. The van der Waals surface area contributed by atoms with Crippen LogP contribution >= 0.6 is 0 Å². The number of hydrogen-bond acceptors (Lipinski definition) is 2. The van der Waals surface area contributed by atoms with E-state index in [0.29, 0.717) is 0 Å². The fourth-order valence-electron chi connectivity index (χ4n) is 0.190. The fourth-order valence-corrected chi connectivity index (χ4v) is 0.190. The van der Waals surface area contributed by atoms with Crippen LogP contribution in [0.5, 0.6) is 0 Å². The molecule has 0 aliphatic rings. The molecule has 0 radical (unpaired) electrons. The molecule has 0 aliphatic carbocycles. The largest absolute Gasteiger partial charge is 0.481 e. The number of nitrogens with zero attached hydrogens (tertiary/aromatic N) is 3. The van der Waals surface area contributed by atoms with E-state index in [-0.39, 0.29) is 13.0 Å². The van der Waals surface area contributed by atoms with E-state index in [1.165, 1.54) is 0 Å². The van der Waals surface area contributed by atoms with Crippen LogP contribution in [0.3, 0.4) is 0 Å². The third kappa shape index (κ3) is 4.78. The van der Waals surface area contributed by atoms with Gasteiger partial charge in [0.2, 0.25) is 0 Å². The minimum atomic E-state index is -0.947. The van der Waals surface area contributed by atoms with Gasteiger partial charge in [0.15, 0.2) is 0 Å². The summed E-state index contributed by atoms with van der Waals surface area (Å²) in [5.74, 6) is -0.947. The highest BCUT2D eigenvalue weighted by Crippen LogP contribution is 1.79. The normalized spacial score (nSPS) is 7.50. The van der Waals surface area contributed by atoms with Gasteiger partial charge in [-0.1, -0.05) is 5.11 Å². The summed E-state index contributed by atoms with van der Waals surface area (Å²) in [6.45, 7) is 0.0336. The molecule has 0 aliphatic heterocycles. The Balaban J connectivity index is 3.18. The van der Waals surface area contributed by atoms with Gasteiger partial charge in [0.05, 0.1) is 6.42 Å².